The lowest BCUT2D eigenvalue weighted by Crippen LogP contribution is -2.37. The molecular weight excluding hydrogens is 392 g/mol. The van der Waals surface area contributed by atoms with Crippen LogP contribution in [0, 0.1) is 0 Å². The molecule has 1 saturated heterocycles. The Bertz CT molecular complexity index is 699. The molecule has 2 rings (SSSR count). The number of hydrogen-bond acceptors (Lipinski definition) is 4. The Morgan fingerprint density at radius 2 is 1.82 bits per heavy atom. The first-order valence-electron chi connectivity index (χ1n) is 10.2. The lowest BCUT2D eigenvalue weighted by atomic mass is 10.2. The van der Waals surface area contributed by atoms with Crippen molar-refractivity contribution in [3.8, 4) is 0 Å². The third-order valence-electron chi connectivity index (χ3n) is 4.71. The predicted molar refractivity (Wildman–Crippen MR) is 119 cm³/mol. The van der Waals surface area contributed by atoms with Crippen molar-refractivity contribution >= 4 is 27.7 Å². The highest BCUT2D eigenvalue weighted by Crippen LogP contribution is 2.21. The predicted octanol–water partition coefficient (Wildman–Crippen LogP) is 3.06. The number of aliphatic imine (C=N–C) groups is 1. The molecule has 0 saturated carbocycles. The molecule has 1 aromatic carbocycles. The minimum Gasteiger partial charge on any atom is -0.357 e. The van der Waals surface area contributed by atoms with Crippen molar-refractivity contribution in [2.24, 2.45) is 4.99 Å². The van der Waals surface area contributed by atoms with Gasteiger partial charge in [0.25, 0.3) is 0 Å². The fourth-order valence-electron chi connectivity index (χ4n) is 3.11. The summed E-state index contributed by atoms with van der Waals surface area (Å²) < 4.78 is 27.0. The molecule has 0 aromatic heterocycles. The molecule has 0 aliphatic carbocycles. The zero-order valence-electron chi connectivity index (χ0n) is 17.1. The standard InChI is InChI=1S/C20H34N4O2S2/c1-3-21-20(22-13-5-8-16-27-2)23-17-18-9-11-19(12-10-18)28(25,26)24-14-6-4-7-15-24/h9-12H,3-8,13-17H2,1-2H3,(H2,21,22,23). The van der Waals surface area contributed by atoms with E-state index in [1.54, 1.807) is 16.4 Å². The number of guanidine groups is 1. The average Bonchev–Trinajstić information content (AvgIpc) is 2.72. The van der Waals surface area contributed by atoms with Crippen molar-refractivity contribution in [1.29, 1.82) is 0 Å². The van der Waals surface area contributed by atoms with Gasteiger partial charge in [0.1, 0.15) is 0 Å². The van der Waals surface area contributed by atoms with E-state index >= 15 is 0 Å². The van der Waals surface area contributed by atoms with Crippen LogP contribution in [0.4, 0.5) is 0 Å². The van der Waals surface area contributed by atoms with E-state index in [2.05, 4.69) is 21.9 Å². The average molecular weight is 427 g/mol. The van der Waals surface area contributed by atoms with Crippen molar-refractivity contribution in [3.63, 3.8) is 0 Å². The number of nitrogens with zero attached hydrogens (tertiary/aromatic N) is 2. The monoisotopic (exact) mass is 426 g/mol. The van der Waals surface area contributed by atoms with Crippen LogP contribution < -0.4 is 10.6 Å². The summed E-state index contributed by atoms with van der Waals surface area (Å²) in [5.74, 6) is 1.99. The maximum Gasteiger partial charge on any atom is 0.243 e. The van der Waals surface area contributed by atoms with E-state index in [4.69, 9.17) is 0 Å². The van der Waals surface area contributed by atoms with Gasteiger partial charge in [-0.15, -0.1) is 0 Å². The summed E-state index contributed by atoms with van der Waals surface area (Å²) in [4.78, 5) is 4.99. The number of benzene rings is 1. The summed E-state index contributed by atoms with van der Waals surface area (Å²) in [7, 11) is -3.37. The number of hydrogen-bond donors (Lipinski definition) is 2. The number of rotatable bonds is 10. The molecule has 0 radical (unpaired) electrons. The maximum atomic E-state index is 12.7. The van der Waals surface area contributed by atoms with Crippen molar-refractivity contribution in [2.75, 3.05) is 38.2 Å². The van der Waals surface area contributed by atoms with E-state index in [1.807, 2.05) is 30.8 Å². The van der Waals surface area contributed by atoms with Crippen LogP contribution in [0.25, 0.3) is 0 Å². The molecule has 2 N–H and O–H groups in total. The van der Waals surface area contributed by atoms with Gasteiger partial charge in [-0.3, -0.25) is 0 Å². The molecule has 0 spiro atoms. The fourth-order valence-corrected chi connectivity index (χ4v) is 5.12. The molecule has 0 amide bonds. The van der Waals surface area contributed by atoms with E-state index in [9.17, 15) is 8.42 Å². The van der Waals surface area contributed by atoms with Crippen molar-refractivity contribution in [3.05, 3.63) is 29.8 Å². The third kappa shape index (κ3) is 7.29. The first-order chi connectivity index (χ1) is 13.6. The highest BCUT2D eigenvalue weighted by Gasteiger charge is 2.25. The largest absolute Gasteiger partial charge is 0.357 e. The van der Waals surface area contributed by atoms with Gasteiger partial charge < -0.3 is 10.6 Å². The summed E-state index contributed by atoms with van der Waals surface area (Å²) in [6, 6.07) is 7.14. The topological polar surface area (TPSA) is 73.8 Å². The molecule has 0 unspecified atom stereocenters. The third-order valence-corrected chi connectivity index (χ3v) is 7.32. The molecule has 1 aliphatic heterocycles. The summed E-state index contributed by atoms with van der Waals surface area (Å²) in [6.45, 7) is 5.53. The smallest absolute Gasteiger partial charge is 0.243 e. The normalized spacial score (nSPS) is 16.1. The van der Waals surface area contributed by atoms with Crippen LogP contribution in [0.3, 0.4) is 0 Å². The first kappa shape index (κ1) is 23.0. The molecule has 8 heteroatoms. The van der Waals surface area contributed by atoms with Gasteiger partial charge in [-0.25, -0.2) is 13.4 Å². The molecule has 6 nitrogen and oxygen atoms in total. The van der Waals surface area contributed by atoms with Crippen LogP contribution in [-0.4, -0.2) is 56.9 Å². The summed E-state index contributed by atoms with van der Waals surface area (Å²) in [5, 5.41) is 6.61. The number of piperidine rings is 1. The van der Waals surface area contributed by atoms with E-state index < -0.39 is 10.0 Å². The molecule has 1 aliphatic rings. The Labute approximate surface area is 174 Å². The first-order valence-corrected chi connectivity index (χ1v) is 13.0. The molecule has 1 aromatic rings. The Hall–Kier alpha value is -1.25. The van der Waals surface area contributed by atoms with E-state index in [0.29, 0.717) is 24.5 Å². The van der Waals surface area contributed by atoms with Crippen LogP contribution in [0.1, 0.15) is 44.6 Å². The van der Waals surface area contributed by atoms with Crippen LogP contribution >= 0.6 is 11.8 Å². The second-order valence-corrected chi connectivity index (χ2v) is 9.85. The molecule has 1 heterocycles. The zero-order valence-corrected chi connectivity index (χ0v) is 18.7. The van der Waals surface area contributed by atoms with Gasteiger partial charge in [0, 0.05) is 26.2 Å². The van der Waals surface area contributed by atoms with E-state index in [0.717, 1.165) is 50.3 Å². The highest BCUT2D eigenvalue weighted by molar-refractivity contribution is 7.98. The van der Waals surface area contributed by atoms with Gasteiger partial charge in [0.05, 0.1) is 11.4 Å². The SMILES string of the molecule is CCNC(=NCc1ccc(S(=O)(=O)N2CCCCC2)cc1)NCCCCSC. The van der Waals surface area contributed by atoms with Crippen LogP contribution in [0.2, 0.25) is 0 Å². The zero-order chi connectivity index (χ0) is 20.2. The molecular formula is C20H34N4O2S2. The lowest BCUT2D eigenvalue weighted by Gasteiger charge is -2.25. The van der Waals surface area contributed by atoms with Crippen molar-refractivity contribution in [1.82, 2.24) is 14.9 Å². The van der Waals surface area contributed by atoms with Gasteiger partial charge in [-0.1, -0.05) is 18.6 Å². The Kier molecular flexibility index (Phi) is 10.2. The second kappa shape index (κ2) is 12.3. The molecule has 28 heavy (non-hydrogen) atoms. The van der Waals surface area contributed by atoms with E-state index in [1.165, 1.54) is 12.2 Å². The maximum absolute atomic E-state index is 12.7. The summed E-state index contributed by atoms with van der Waals surface area (Å²) in [5.41, 5.74) is 0.997. The van der Waals surface area contributed by atoms with Gasteiger partial charge in [0.15, 0.2) is 5.96 Å². The van der Waals surface area contributed by atoms with Gasteiger partial charge in [0.2, 0.25) is 10.0 Å². The second-order valence-electron chi connectivity index (χ2n) is 6.93. The van der Waals surface area contributed by atoms with Crippen molar-refractivity contribution < 1.29 is 8.42 Å². The molecule has 1 fully saturated rings. The Balaban J connectivity index is 1.93. The van der Waals surface area contributed by atoms with Crippen LogP contribution in [-0.2, 0) is 16.6 Å². The molecule has 0 atom stereocenters. The van der Waals surface area contributed by atoms with Gasteiger partial charge in [-0.05, 0) is 62.3 Å². The summed E-state index contributed by atoms with van der Waals surface area (Å²) in [6.07, 6.45) is 7.45. The van der Waals surface area contributed by atoms with Crippen LogP contribution in [0.5, 0.6) is 0 Å². The van der Waals surface area contributed by atoms with E-state index in [-0.39, 0.29) is 0 Å². The number of thioether (sulfide) groups is 1. The Morgan fingerprint density at radius 3 is 2.46 bits per heavy atom. The van der Waals surface area contributed by atoms with Crippen molar-refractivity contribution in [2.45, 2.75) is 50.5 Å². The number of unbranched alkanes of at least 4 members (excludes halogenated alkanes) is 1. The molecule has 0 bridgehead atoms. The van der Waals surface area contributed by atoms with Gasteiger partial charge >= 0.3 is 0 Å². The minimum absolute atomic E-state index is 0.376. The minimum atomic E-state index is -3.37. The molecule has 158 valence electrons. The van der Waals surface area contributed by atoms with Crippen LogP contribution in [0.15, 0.2) is 34.2 Å². The lowest BCUT2D eigenvalue weighted by molar-refractivity contribution is 0.346. The quantitative estimate of drug-likeness (QED) is 0.342. The highest BCUT2D eigenvalue weighted by atomic mass is 32.2. The Morgan fingerprint density at radius 1 is 1.11 bits per heavy atom. The number of sulfonamides is 1. The number of nitrogens with one attached hydrogen (secondary N) is 2. The fraction of sp³-hybridized carbons (Fsp3) is 0.650. The summed E-state index contributed by atoms with van der Waals surface area (Å²) >= 11 is 1.87. The van der Waals surface area contributed by atoms with Gasteiger partial charge in [-0.2, -0.15) is 16.1 Å².